The molecule has 2 aromatic rings. The molecule has 1 saturated heterocycles. The van der Waals surface area contributed by atoms with E-state index in [1.165, 1.54) is 30.3 Å². The number of amides is 2. The van der Waals surface area contributed by atoms with Crippen molar-refractivity contribution in [3.8, 4) is 0 Å². The van der Waals surface area contributed by atoms with Crippen molar-refractivity contribution < 1.29 is 18.9 Å². The minimum atomic E-state index is -0.552. The lowest BCUT2D eigenvalue weighted by molar-refractivity contribution is -0.384. The number of benzene rings is 2. The molecular weight excluding hydrogens is 463 g/mol. The van der Waals surface area contributed by atoms with Crippen molar-refractivity contribution in [2.45, 2.75) is 26.3 Å². The zero-order chi connectivity index (χ0) is 24.7. The molecule has 1 aliphatic rings. The minimum absolute atomic E-state index is 0.0625. The Kier molecular flexibility index (Phi) is 8.95. The summed E-state index contributed by atoms with van der Waals surface area (Å²) in [5.74, 6) is -0.498. The number of non-ortho nitro benzene ring substituents is 1. The lowest BCUT2D eigenvalue weighted by Crippen LogP contribution is -2.50. The fourth-order valence-electron chi connectivity index (χ4n) is 3.87. The normalized spacial score (nSPS) is 14.1. The monoisotopic (exact) mass is 490 g/mol. The molecule has 1 aliphatic heterocycles. The molecule has 2 amide bonds. The zero-order valence-electron chi connectivity index (χ0n) is 19.1. The molecule has 34 heavy (non-hydrogen) atoms. The van der Waals surface area contributed by atoms with E-state index in [4.69, 9.17) is 11.6 Å². The van der Waals surface area contributed by atoms with Gasteiger partial charge in [0.1, 0.15) is 5.82 Å². The molecule has 0 saturated carbocycles. The summed E-state index contributed by atoms with van der Waals surface area (Å²) in [6.45, 7) is 5.86. The maximum atomic E-state index is 13.2. The van der Waals surface area contributed by atoms with Gasteiger partial charge in [0, 0.05) is 64.4 Å². The lowest BCUT2D eigenvalue weighted by atomic mass is 10.1. The minimum Gasteiger partial charge on any atom is -0.337 e. The first-order chi connectivity index (χ1) is 16.3. The van der Waals surface area contributed by atoms with Crippen molar-refractivity contribution in [1.82, 2.24) is 14.7 Å². The molecule has 0 radical (unpaired) electrons. The highest BCUT2D eigenvalue weighted by atomic mass is 35.5. The highest BCUT2D eigenvalue weighted by Crippen LogP contribution is 2.24. The summed E-state index contributed by atoms with van der Waals surface area (Å²) in [5.41, 5.74) is 0.965. The number of nitro benzene ring substituents is 1. The van der Waals surface area contributed by atoms with Gasteiger partial charge in [-0.05, 0) is 30.2 Å². The van der Waals surface area contributed by atoms with Gasteiger partial charge in [0.2, 0.25) is 5.91 Å². The Labute approximate surface area is 203 Å². The van der Waals surface area contributed by atoms with E-state index in [9.17, 15) is 24.1 Å². The Morgan fingerprint density at radius 1 is 1.12 bits per heavy atom. The molecule has 0 N–H and O–H groups in total. The molecule has 1 fully saturated rings. The SMILES string of the molecule is CCCC(=O)N(CCN1CCN(C(=O)c2ccc([N+](=O)[O-])cc2Cl)CC1)Cc1ccc(F)cc1. The van der Waals surface area contributed by atoms with Crippen LogP contribution in [0.25, 0.3) is 0 Å². The Morgan fingerprint density at radius 2 is 1.79 bits per heavy atom. The smallest absolute Gasteiger partial charge is 0.270 e. The van der Waals surface area contributed by atoms with Gasteiger partial charge >= 0.3 is 0 Å². The maximum Gasteiger partial charge on any atom is 0.270 e. The molecule has 8 nitrogen and oxygen atoms in total. The molecule has 182 valence electrons. The number of carbonyl (C=O) groups excluding carboxylic acids is 2. The van der Waals surface area contributed by atoms with Crippen LogP contribution in [-0.4, -0.2) is 70.7 Å². The largest absolute Gasteiger partial charge is 0.337 e. The zero-order valence-corrected chi connectivity index (χ0v) is 19.8. The van der Waals surface area contributed by atoms with Gasteiger partial charge in [-0.3, -0.25) is 24.6 Å². The van der Waals surface area contributed by atoms with Crippen LogP contribution in [0, 0.1) is 15.9 Å². The van der Waals surface area contributed by atoms with Crippen molar-refractivity contribution in [3.05, 3.63) is 74.5 Å². The Hall–Kier alpha value is -3.04. The molecule has 3 rings (SSSR count). The quantitative estimate of drug-likeness (QED) is 0.392. The Balaban J connectivity index is 1.54. The van der Waals surface area contributed by atoms with Gasteiger partial charge in [-0.2, -0.15) is 0 Å². The van der Waals surface area contributed by atoms with E-state index in [-0.39, 0.29) is 33.9 Å². The molecule has 0 spiro atoms. The summed E-state index contributed by atoms with van der Waals surface area (Å²) in [7, 11) is 0. The standard InChI is InChI=1S/C24H28ClFN4O4/c1-2-3-23(31)29(17-18-4-6-19(26)7-5-18)15-12-27-10-13-28(14-11-27)24(32)21-9-8-20(30(33)34)16-22(21)25/h4-9,16H,2-3,10-15,17H2,1H3. The van der Waals surface area contributed by atoms with Gasteiger partial charge in [0.15, 0.2) is 0 Å². The summed E-state index contributed by atoms with van der Waals surface area (Å²) in [6, 6.07) is 10.0. The number of hydrogen-bond acceptors (Lipinski definition) is 5. The first-order valence-electron chi connectivity index (χ1n) is 11.3. The van der Waals surface area contributed by atoms with Crippen LogP contribution in [0.5, 0.6) is 0 Å². The van der Waals surface area contributed by atoms with Crippen molar-refractivity contribution in [2.24, 2.45) is 0 Å². The first-order valence-corrected chi connectivity index (χ1v) is 11.6. The fourth-order valence-corrected chi connectivity index (χ4v) is 4.13. The number of nitrogens with zero attached hydrogens (tertiary/aromatic N) is 4. The van der Waals surface area contributed by atoms with Gasteiger partial charge in [-0.1, -0.05) is 30.7 Å². The van der Waals surface area contributed by atoms with Crippen LogP contribution in [0.2, 0.25) is 5.02 Å². The van der Waals surface area contributed by atoms with E-state index in [2.05, 4.69) is 4.90 Å². The highest BCUT2D eigenvalue weighted by molar-refractivity contribution is 6.34. The van der Waals surface area contributed by atoms with Crippen LogP contribution in [0.3, 0.4) is 0 Å². The number of rotatable bonds is 9. The third-order valence-electron chi connectivity index (χ3n) is 5.84. The summed E-state index contributed by atoms with van der Waals surface area (Å²) in [5, 5.41) is 10.9. The van der Waals surface area contributed by atoms with Crippen molar-refractivity contribution in [1.29, 1.82) is 0 Å². The van der Waals surface area contributed by atoms with Gasteiger partial charge < -0.3 is 9.80 Å². The third-order valence-corrected chi connectivity index (χ3v) is 6.16. The van der Waals surface area contributed by atoms with Crippen LogP contribution < -0.4 is 0 Å². The van der Waals surface area contributed by atoms with Gasteiger partial charge in [-0.15, -0.1) is 0 Å². The number of halogens is 2. The Bertz CT molecular complexity index is 1030. The second-order valence-electron chi connectivity index (χ2n) is 8.25. The van der Waals surface area contributed by atoms with E-state index >= 15 is 0 Å². The van der Waals surface area contributed by atoms with Crippen LogP contribution in [0.1, 0.15) is 35.7 Å². The summed E-state index contributed by atoms with van der Waals surface area (Å²) in [4.78, 5) is 41.4. The topological polar surface area (TPSA) is 87.0 Å². The van der Waals surface area contributed by atoms with Gasteiger partial charge in [0.05, 0.1) is 15.5 Å². The van der Waals surface area contributed by atoms with Gasteiger partial charge in [-0.25, -0.2) is 4.39 Å². The van der Waals surface area contributed by atoms with Gasteiger partial charge in [0.25, 0.3) is 11.6 Å². The first kappa shape index (κ1) is 25.6. The van der Waals surface area contributed by atoms with Crippen molar-refractivity contribution in [3.63, 3.8) is 0 Å². The molecule has 0 aliphatic carbocycles. The summed E-state index contributed by atoms with van der Waals surface area (Å²) in [6.07, 6.45) is 1.21. The second kappa shape index (κ2) is 11.9. The second-order valence-corrected chi connectivity index (χ2v) is 8.65. The number of hydrogen-bond donors (Lipinski definition) is 0. The molecule has 0 unspecified atom stereocenters. The molecule has 2 aromatic carbocycles. The lowest BCUT2D eigenvalue weighted by Gasteiger charge is -2.36. The van der Waals surface area contributed by atoms with E-state index in [1.54, 1.807) is 21.9 Å². The summed E-state index contributed by atoms with van der Waals surface area (Å²) < 4.78 is 13.2. The third kappa shape index (κ3) is 6.74. The molecular formula is C24H28ClFN4O4. The number of nitro groups is 1. The van der Waals surface area contributed by atoms with Crippen LogP contribution in [-0.2, 0) is 11.3 Å². The number of piperazine rings is 1. The molecule has 0 aromatic heterocycles. The van der Waals surface area contributed by atoms with E-state index in [0.717, 1.165) is 12.0 Å². The number of carbonyl (C=O) groups is 2. The molecule has 10 heteroatoms. The average molecular weight is 491 g/mol. The van der Waals surface area contributed by atoms with Crippen LogP contribution in [0.4, 0.5) is 10.1 Å². The summed E-state index contributed by atoms with van der Waals surface area (Å²) >= 11 is 6.11. The van der Waals surface area contributed by atoms with E-state index in [0.29, 0.717) is 52.2 Å². The average Bonchev–Trinajstić information content (AvgIpc) is 2.83. The van der Waals surface area contributed by atoms with Crippen LogP contribution in [0.15, 0.2) is 42.5 Å². The van der Waals surface area contributed by atoms with E-state index < -0.39 is 4.92 Å². The fraction of sp³-hybridized carbons (Fsp3) is 0.417. The highest BCUT2D eigenvalue weighted by Gasteiger charge is 2.25. The molecule has 0 bridgehead atoms. The predicted molar refractivity (Wildman–Crippen MR) is 127 cm³/mol. The predicted octanol–water partition coefficient (Wildman–Crippen LogP) is 3.97. The molecule has 1 heterocycles. The van der Waals surface area contributed by atoms with Crippen molar-refractivity contribution in [2.75, 3.05) is 39.3 Å². The van der Waals surface area contributed by atoms with E-state index in [1.807, 2.05) is 6.92 Å². The molecule has 0 atom stereocenters. The van der Waals surface area contributed by atoms with Crippen molar-refractivity contribution >= 4 is 29.1 Å². The van der Waals surface area contributed by atoms with Crippen LogP contribution >= 0.6 is 11.6 Å². The Morgan fingerprint density at radius 3 is 2.38 bits per heavy atom. The maximum absolute atomic E-state index is 13.2.